The van der Waals surface area contributed by atoms with Gasteiger partial charge in [0.1, 0.15) is 5.82 Å². The van der Waals surface area contributed by atoms with Crippen LogP contribution in [-0.4, -0.2) is 31.4 Å². The van der Waals surface area contributed by atoms with Gasteiger partial charge < -0.3 is 14.9 Å². The highest BCUT2D eigenvalue weighted by molar-refractivity contribution is 7.99. The molecule has 4 rings (SSSR count). The normalized spacial score (nSPS) is 11.0. The highest BCUT2D eigenvalue weighted by Crippen LogP contribution is 2.29. The van der Waals surface area contributed by atoms with Gasteiger partial charge in [-0.25, -0.2) is 4.39 Å². The molecule has 0 spiro atoms. The molecule has 0 bridgehead atoms. The number of nitrogens with one attached hydrogen (secondary N) is 2. The van der Waals surface area contributed by atoms with Crippen molar-refractivity contribution in [1.29, 1.82) is 0 Å². The summed E-state index contributed by atoms with van der Waals surface area (Å²) in [5, 5.41) is 12.8. The number of halogens is 1. The van der Waals surface area contributed by atoms with Crippen molar-refractivity contribution in [2.75, 3.05) is 11.1 Å². The van der Waals surface area contributed by atoms with Crippen LogP contribution in [-0.2, 0) is 11.8 Å². The molecular formula is C19H16FN5OS. The summed E-state index contributed by atoms with van der Waals surface area (Å²) in [5.74, 6) is 0.246. The second kappa shape index (κ2) is 7.24. The van der Waals surface area contributed by atoms with E-state index in [0.717, 1.165) is 22.3 Å². The smallest absolute Gasteiger partial charge is 0.234 e. The summed E-state index contributed by atoms with van der Waals surface area (Å²) in [6.45, 7) is 0. The molecule has 0 aliphatic carbocycles. The first-order valence-electron chi connectivity index (χ1n) is 8.26. The van der Waals surface area contributed by atoms with Crippen LogP contribution in [0.3, 0.4) is 0 Å². The highest BCUT2D eigenvalue weighted by atomic mass is 32.2. The molecule has 2 N–H and O–H groups in total. The third-order valence-corrected chi connectivity index (χ3v) is 5.13. The molecule has 8 heteroatoms. The van der Waals surface area contributed by atoms with Gasteiger partial charge >= 0.3 is 0 Å². The van der Waals surface area contributed by atoms with E-state index in [4.69, 9.17) is 0 Å². The summed E-state index contributed by atoms with van der Waals surface area (Å²) in [4.78, 5) is 15.3. The minimum atomic E-state index is -0.392. The highest BCUT2D eigenvalue weighted by Gasteiger charge is 2.16. The Kier molecular flexibility index (Phi) is 4.64. The number of anilines is 1. The van der Waals surface area contributed by atoms with E-state index < -0.39 is 5.82 Å². The zero-order valence-electron chi connectivity index (χ0n) is 14.4. The average molecular weight is 381 g/mol. The van der Waals surface area contributed by atoms with Crippen molar-refractivity contribution in [2.45, 2.75) is 5.16 Å². The van der Waals surface area contributed by atoms with E-state index in [0.29, 0.717) is 10.8 Å². The Balaban J connectivity index is 1.47. The van der Waals surface area contributed by atoms with Crippen LogP contribution in [0.4, 0.5) is 10.1 Å². The van der Waals surface area contributed by atoms with Crippen molar-refractivity contribution in [2.24, 2.45) is 7.05 Å². The number of nitrogens with zero attached hydrogens (tertiary/aromatic N) is 3. The van der Waals surface area contributed by atoms with E-state index in [2.05, 4.69) is 20.5 Å². The summed E-state index contributed by atoms with van der Waals surface area (Å²) < 4.78 is 15.0. The molecule has 0 fully saturated rings. The Bertz CT molecular complexity index is 1120. The maximum atomic E-state index is 13.2. The average Bonchev–Trinajstić information content (AvgIpc) is 3.23. The summed E-state index contributed by atoms with van der Waals surface area (Å²) in [5.41, 5.74) is 2.41. The van der Waals surface area contributed by atoms with Crippen LogP contribution in [0.2, 0.25) is 0 Å². The van der Waals surface area contributed by atoms with Crippen molar-refractivity contribution in [3.05, 3.63) is 60.5 Å². The van der Waals surface area contributed by atoms with Crippen molar-refractivity contribution in [1.82, 2.24) is 19.7 Å². The molecule has 0 saturated carbocycles. The molecule has 136 valence electrons. The molecular weight excluding hydrogens is 365 g/mol. The molecule has 27 heavy (non-hydrogen) atoms. The van der Waals surface area contributed by atoms with Crippen LogP contribution >= 0.6 is 11.8 Å². The SMILES string of the molecule is Cn1c(SCC(=O)Nc2cccc(F)c2)nnc1-c1c[nH]c2ccccc12. The standard InChI is InChI=1S/C19H16FN5OS/c1-25-18(15-10-21-16-8-3-2-7-14(15)16)23-24-19(25)27-11-17(26)22-13-6-4-5-12(20)9-13/h2-10,21H,11H2,1H3,(H,22,26). The predicted molar refractivity (Wildman–Crippen MR) is 104 cm³/mol. The van der Waals surface area contributed by atoms with Gasteiger partial charge in [-0.1, -0.05) is 36.0 Å². The lowest BCUT2D eigenvalue weighted by molar-refractivity contribution is -0.113. The third-order valence-electron chi connectivity index (χ3n) is 4.11. The molecule has 2 heterocycles. The lowest BCUT2D eigenvalue weighted by Gasteiger charge is -2.05. The van der Waals surface area contributed by atoms with Crippen molar-refractivity contribution >= 4 is 34.3 Å². The molecule has 0 radical (unpaired) electrons. The first kappa shape index (κ1) is 17.3. The molecule has 0 unspecified atom stereocenters. The Morgan fingerprint density at radius 2 is 2.07 bits per heavy atom. The van der Waals surface area contributed by atoms with E-state index >= 15 is 0 Å². The number of aromatic nitrogens is 4. The van der Waals surface area contributed by atoms with Crippen LogP contribution in [0, 0.1) is 5.82 Å². The number of amides is 1. The number of fused-ring (bicyclic) bond motifs is 1. The molecule has 2 aromatic heterocycles. The molecule has 6 nitrogen and oxygen atoms in total. The number of benzene rings is 2. The van der Waals surface area contributed by atoms with E-state index in [9.17, 15) is 9.18 Å². The van der Waals surface area contributed by atoms with Gasteiger partial charge in [0.2, 0.25) is 5.91 Å². The van der Waals surface area contributed by atoms with Crippen molar-refractivity contribution < 1.29 is 9.18 Å². The Morgan fingerprint density at radius 1 is 1.22 bits per heavy atom. The summed E-state index contributed by atoms with van der Waals surface area (Å²) in [7, 11) is 1.86. The topological polar surface area (TPSA) is 75.6 Å². The maximum Gasteiger partial charge on any atom is 0.234 e. The number of carbonyl (C=O) groups is 1. The van der Waals surface area contributed by atoms with Gasteiger partial charge in [0.05, 0.1) is 5.75 Å². The Labute approximate surface area is 158 Å². The van der Waals surface area contributed by atoms with E-state index in [1.54, 1.807) is 12.1 Å². The van der Waals surface area contributed by atoms with Crippen LogP contribution in [0.25, 0.3) is 22.3 Å². The third kappa shape index (κ3) is 3.56. The molecule has 1 amide bonds. The zero-order chi connectivity index (χ0) is 18.8. The Hall–Kier alpha value is -3.13. The quantitative estimate of drug-likeness (QED) is 0.515. The molecule has 4 aromatic rings. The Morgan fingerprint density at radius 3 is 2.93 bits per heavy atom. The molecule has 0 atom stereocenters. The van der Waals surface area contributed by atoms with E-state index in [-0.39, 0.29) is 11.7 Å². The predicted octanol–water partition coefficient (Wildman–Crippen LogP) is 3.83. The number of hydrogen-bond acceptors (Lipinski definition) is 4. The second-order valence-corrected chi connectivity index (χ2v) is 6.90. The molecule has 2 aromatic carbocycles. The molecule has 0 saturated heterocycles. The zero-order valence-corrected chi connectivity index (χ0v) is 15.3. The van der Waals surface area contributed by atoms with E-state index in [1.807, 2.05) is 42.1 Å². The summed E-state index contributed by atoms with van der Waals surface area (Å²) >= 11 is 1.28. The van der Waals surface area contributed by atoms with Crippen molar-refractivity contribution in [3.63, 3.8) is 0 Å². The maximum absolute atomic E-state index is 13.2. The minimum absolute atomic E-state index is 0.149. The van der Waals surface area contributed by atoms with Crippen LogP contribution in [0.5, 0.6) is 0 Å². The number of H-pyrrole nitrogens is 1. The second-order valence-electron chi connectivity index (χ2n) is 5.96. The van der Waals surface area contributed by atoms with E-state index in [1.165, 1.54) is 23.9 Å². The first-order chi connectivity index (χ1) is 13.1. The van der Waals surface area contributed by atoms with Gasteiger partial charge in [-0.2, -0.15) is 0 Å². The fourth-order valence-corrected chi connectivity index (χ4v) is 3.54. The molecule has 0 aliphatic rings. The monoisotopic (exact) mass is 381 g/mol. The van der Waals surface area contributed by atoms with Gasteiger partial charge in [0.15, 0.2) is 11.0 Å². The number of thioether (sulfide) groups is 1. The van der Waals surface area contributed by atoms with Crippen molar-refractivity contribution in [3.8, 4) is 11.4 Å². The lowest BCUT2D eigenvalue weighted by Crippen LogP contribution is -2.14. The number of para-hydroxylation sites is 1. The van der Waals surface area contributed by atoms with Crippen LogP contribution < -0.4 is 5.32 Å². The van der Waals surface area contributed by atoms with Gasteiger partial charge in [-0.05, 0) is 24.3 Å². The van der Waals surface area contributed by atoms with Crippen LogP contribution in [0.1, 0.15) is 0 Å². The number of hydrogen-bond donors (Lipinski definition) is 2. The number of carbonyl (C=O) groups excluding carboxylic acids is 1. The largest absolute Gasteiger partial charge is 0.360 e. The van der Waals surface area contributed by atoms with Crippen LogP contribution in [0.15, 0.2) is 59.9 Å². The first-order valence-corrected chi connectivity index (χ1v) is 9.24. The van der Waals surface area contributed by atoms with Gasteiger partial charge in [0, 0.05) is 35.4 Å². The van der Waals surface area contributed by atoms with Gasteiger partial charge in [0.25, 0.3) is 0 Å². The fraction of sp³-hybridized carbons (Fsp3) is 0.105. The number of rotatable bonds is 5. The summed E-state index contributed by atoms with van der Waals surface area (Å²) in [6.07, 6.45) is 1.90. The van der Waals surface area contributed by atoms with Gasteiger partial charge in [-0.3, -0.25) is 4.79 Å². The van der Waals surface area contributed by atoms with Gasteiger partial charge in [-0.15, -0.1) is 10.2 Å². The fourth-order valence-electron chi connectivity index (χ4n) is 2.83. The minimum Gasteiger partial charge on any atom is -0.360 e. The number of aromatic amines is 1. The lowest BCUT2D eigenvalue weighted by atomic mass is 10.1. The molecule has 0 aliphatic heterocycles. The summed E-state index contributed by atoms with van der Waals surface area (Å²) in [6, 6.07) is 13.8.